The van der Waals surface area contributed by atoms with Gasteiger partial charge in [-0.1, -0.05) is 25.4 Å². The maximum Gasteiger partial charge on any atom is 0.153 e. The fraction of sp³-hybridized carbons (Fsp3) is 0.385. The zero-order chi connectivity index (χ0) is 13.1. The lowest BCUT2D eigenvalue weighted by molar-refractivity contribution is 0.588. The summed E-state index contributed by atoms with van der Waals surface area (Å²) in [5, 5.41) is 8.17. The van der Waals surface area contributed by atoms with E-state index < -0.39 is 0 Å². The number of hydrogen-bond donors (Lipinski definition) is 1. The topological polar surface area (TPSA) is 42.7 Å². The second-order valence-electron chi connectivity index (χ2n) is 4.61. The van der Waals surface area contributed by atoms with Gasteiger partial charge in [0.25, 0.3) is 0 Å². The van der Waals surface area contributed by atoms with Gasteiger partial charge in [0.1, 0.15) is 0 Å². The maximum atomic E-state index is 5.87. The van der Waals surface area contributed by atoms with E-state index in [9.17, 15) is 0 Å². The average molecular weight is 265 g/mol. The molecule has 0 fully saturated rings. The van der Waals surface area contributed by atoms with Gasteiger partial charge >= 0.3 is 0 Å². The Morgan fingerprint density at radius 3 is 2.78 bits per heavy atom. The molecule has 0 radical (unpaired) electrons. The van der Waals surface area contributed by atoms with E-state index in [1.807, 2.05) is 13.0 Å². The van der Waals surface area contributed by atoms with Crippen LogP contribution in [0.4, 0.5) is 0 Å². The third kappa shape index (κ3) is 3.31. The van der Waals surface area contributed by atoms with E-state index in [4.69, 9.17) is 11.6 Å². The Morgan fingerprint density at radius 1 is 1.39 bits per heavy atom. The lowest BCUT2D eigenvalue weighted by Gasteiger charge is -2.10. The van der Waals surface area contributed by atoms with Crippen molar-refractivity contribution in [1.29, 1.82) is 0 Å². The molecule has 0 atom stereocenters. The molecule has 2 aromatic rings. The number of hydrogen-bond acceptors (Lipinski definition) is 3. The van der Waals surface area contributed by atoms with Gasteiger partial charge in [-0.25, -0.2) is 9.67 Å². The van der Waals surface area contributed by atoms with Gasteiger partial charge in [0.05, 0.1) is 17.4 Å². The van der Waals surface area contributed by atoms with Gasteiger partial charge < -0.3 is 5.32 Å². The fourth-order valence-corrected chi connectivity index (χ4v) is 1.82. The predicted molar refractivity (Wildman–Crippen MR) is 73.1 cm³/mol. The van der Waals surface area contributed by atoms with Crippen molar-refractivity contribution >= 4 is 11.6 Å². The van der Waals surface area contributed by atoms with Crippen molar-refractivity contribution in [3.05, 3.63) is 40.8 Å². The van der Waals surface area contributed by atoms with Gasteiger partial charge in [0.15, 0.2) is 5.82 Å². The van der Waals surface area contributed by atoms with Gasteiger partial charge in [-0.2, -0.15) is 5.10 Å². The third-order valence-electron chi connectivity index (χ3n) is 2.50. The van der Waals surface area contributed by atoms with Crippen LogP contribution in [0.25, 0.3) is 5.82 Å². The first-order valence-electron chi connectivity index (χ1n) is 5.96. The Hall–Kier alpha value is -1.39. The SMILES string of the molecule is Cc1cc(CNC(C)C)cc(-n2cc(Cl)cn2)n1. The molecule has 0 aromatic carbocycles. The molecule has 0 amide bonds. The first-order valence-corrected chi connectivity index (χ1v) is 6.34. The smallest absolute Gasteiger partial charge is 0.153 e. The number of nitrogens with zero attached hydrogens (tertiary/aromatic N) is 3. The Balaban J connectivity index is 2.26. The molecule has 18 heavy (non-hydrogen) atoms. The third-order valence-corrected chi connectivity index (χ3v) is 2.70. The highest BCUT2D eigenvalue weighted by Gasteiger charge is 2.04. The van der Waals surface area contributed by atoms with E-state index >= 15 is 0 Å². The Bertz CT molecular complexity index is 534. The van der Waals surface area contributed by atoms with E-state index in [0.29, 0.717) is 11.1 Å². The highest BCUT2D eigenvalue weighted by molar-refractivity contribution is 6.30. The second kappa shape index (κ2) is 5.50. The minimum absolute atomic E-state index is 0.459. The molecule has 2 rings (SSSR count). The zero-order valence-electron chi connectivity index (χ0n) is 10.8. The molecule has 5 heteroatoms. The number of pyridine rings is 1. The van der Waals surface area contributed by atoms with E-state index in [1.54, 1.807) is 17.1 Å². The summed E-state index contributed by atoms with van der Waals surface area (Å²) in [4.78, 5) is 4.46. The number of aromatic nitrogens is 3. The lowest BCUT2D eigenvalue weighted by atomic mass is 10.2. The summed E-state index contributed by atoms with van der Waals surface area (Å²) in [7, 11) is 0. The fourth-order valence-electron chi connectivity index (χ4n) is 1.69. The minimum Gasteiger partial charge on any atom is -0.310 e. The Kier molecular flexibility index (Phi) is 3.99. The van der Waals surface area contributed by atoms with Crippen molar-refractivity contribution in [3.63, 3.8) is 0 Å². The van der Waals surface area contributed by atoms with Crippen molar-refractivity contribution in [1.82, 2.24) is 20.1 Å². The van der Waals surface area contributed by atoms with Crippen molar-refractivity contribution in [2.75, 3.05) is 0 Å². The molecular formula is C13H17ClN4. The quantitative estimate of drug-likeness (QED) is 0.923. The van der Waals surface area contributed by atoms with Crippen molar-refractivity contribution in [2.24, 2.45) is 0 Å². The van der Waals surface area contributed by atoms with Crippen LogP contribution in [0, 0.1) is 6.92 Å². The van der Waals surface area contributed by atoms with E-state index in [1.165, 1.54) is 5.56 Å². The van der Waals surface area contributed by atoms with Crippen molar-refractivity contribution < 1.29 is 0 Å². The molecule has 2 aromatic heterocycles. The maximum absolute atomic E-state index is 5.87. The lowest BCUT2D eigenvalue weighted by Crippen LogP contribution is -2.22. The van der Waals surface area contributed by atoms with Crippen LogP contribution in [0.5, 0.6) is 0 Å². The molecule has 1 N–H and O–H groups in total. The Labute approximate surface area is 112 Å². The van der Waals surface area contributed by atoms with Gasteiger partial charge in [0, 0.05) is 18.3 Å². The molecule has 0 bridgehead atoms. The van der Waals surface area contributed by atoms with Gasteiger partial charge in [-0.05, 0) is 24.6 Å². The molecule has 0 saturated heterocycles. The molecule has 4 nitrogen and oxygen atoms in total. The van der Waals surface area contributed by atoms with Crippen LogP contribution in [0.2, 0.25) is 5.02 Å². The van der Waals surface area contributed by atoms with Crippen LogP contribution in [-0.4, -0.2) is 20.8 Å². The number of halogens is 1. The first-order chi connectivity index (χ1) is 8.54. The normalized spacial score (nSPS) is 11.2. The monoisotopic (exact) mass is 264 g/mol. The second-order valence-corrected chi connectivity index (χ2v) is 5.05. The number of nitrogens with one attached hydrogen (secondary N) is 1. The average Bonchev–Trinajstić information content (AvgIpc) is 2.72. The Morgan fingerprint density at radius 2 is 2.17 bits per heavy atom. The highest BCUT2D eigenvalue weighted by Crippen LogP contribution is 2.13. The van der Waals surface area contributed by atoms with E-state index in [2.05, 4.69) is 35.3 Å². The van der Waals surface area contributed by atoms with Gasteiger partial charge in [0.2, 0.25) is 0 Å². The van der Waals surface area contributed by atoms with Crippen LogP contribution in [0.15, 0.2) is 24.5 Å². The van der Waals surface area contributed by atoms with Crippen LogP contribution in [0.3, 0.4) is 0 Å². The molecule has 0 unspecified atom stereocenters. The minimum atomic E-state index is 0.459. The molecule has 0 spiro atoms. The summed E-state index contributed by atoms with van der Waals surface area (Å²) in [6.45, 7) is 7.06. The molecule has 96 valence electrons. The molecule has 0 aliphatic heterocycles. The highest BCUT2D eigenvalue weighted by atomic mass is 35.5. The summed E-state index contributed by atoms with van der Waals surface area (Å²) in [5.74, 6) is 0.794. The summed E-state index contributed by atoms with van der Waals surface area (Å²) in [5.41, 5.74) is 2.16. The first kappa shape index (κ1) is 13.1. The number of rotatable bonds is 4. The van der Waals surface area contributed by atoms with Gasteiger partial charge in [-0.3, -0.25) is 0 Å². The molecule has 2 heterocycles. The van der Waals surface area contributed by atoms with Crippen molar-refractivity contribution in [3.8, 4) is 5.82 Å². The zero-order valence-corrected chi connectivity index (χ0v) is 11.6. The largest absolute Gasteiger partial charge is 0.310 e. The predicted octanol–water partition coefficient (Wildman–Crippen LogP) is 2.73. The molecule has 0 aliphatic rings. The van der Waals surface area contributed by atoms with E-state index in [0.717, 1.165) is 18.1 Å². The summed E-state index contributed by atoms with van der Waals surface area (Å²) < 4.78 is 1.69. The summed E-state index contributed by atoms with van der Waals surface area (Å²) in [6, 6.07) is 4.55. The van der Waals surface area contributed by atoms with E-state index in [-0.39, 0.29) is 0 Å². The van der Waals surface area contributed by atoms with Crippen LogP contribution in [-0.2, 0) is 6.54 Å². The standard InChI is InChI=1S/C13H17ClN4/c1-9(2)15-6-11-4-10(3)17-13(5-11)18-8-12(14)7-16-18/h4-5,7-9,15H,6H2,1-3H3. The molecule has 0 saturated carbocycles. The van der Waals surface area contributed by atoms with Crippen LogP contribution in [0.1, 0.15) is 25.1 Å². The molecule has 0 aliphatic carbocycles. The van der Waals surface area contributed by atoms with Crippen LogP contribution >= 0.6 is 11.6 Å². The summed E-state index contributed by atoms with van der Waals surface area (Å²) in [6.07, 6.45) is 3.36. The number of aryl methyl sites for hydroxylation is 1. The summed E-state index contributed by atoms with van der Waals surface area (Å²) >= 11 is 5.87. The van der Waals surface area contributed by atoms with Crippen molar-refractivity contribution in [2.45, 2.75) is 33.4 Å². The molecular weight excluding hydrogens is 248 g/mol. The van der Waals surface area contributed by atoms with Crippen LogP contribution < -0.4 is 5.32 Å². The van der Waals surface area contributed by atoms with Gasteiger partial charge in [-0.15, -0.1) is 0 Å².